The molecule has 3 amide bonds. The number of nitrogens with zero attached hydrogens (tertiary/aromatic N) is 3. The van der Waals surface area contributed by atoms with E-state index in [2.05, 4.69) is 9.97 Å². The number of imidazole rings is 1. The number of amides is 3. The van der Waals surface area contributed by atoms with Gasteiger partial charge >= 0.3 is 0 Å². The van der Waals surface area contributed by atoms with E-state index < -0.39 is 22.0 Å². The fraction of sp³-hybridized carbons (Fsp3) is 0.250. The molecule has 0 radical (unpaired) electrons. The quantitative estimate of drug-likeness (QED) is 0.132. The van der Waals surface area contributed by atoms with Gasteiger partial charge in [0.05, 0.1) is 21.2 Å². The smallest absolute Gasteiger partial charge is 0.292 e. The number of imide groups is 1. The third kappa shape index (κ3) is 6.86. The summed E-state index contributed by atoms with van der Waals surface area (Å²) in [5.74, 6) is -0.891. The second-order valence-corrected chi connectivity index (χ2v) is 11.3. The molecular weight excluding hydrogens is 621 g/mol. The minimum atomic E-state index is -2.05. The molecule has 0 bridgehead atoms. The van der Waals surface area contributed by atoms with Crippen LogP contribution in [0.4, 0.5) is 0 Å². The molecule has 0 saturated carbocycles. The van der Waals surface area contributed by atoms with Gasteiger partial charge < -0.3 is 14.6 Å². The molecule has 3 aromatic rings. The number of halogens is 6. The molecule has 0 saturated heterocycles. The van der Waals surface area contributed by atoms with Gasteiger partial charge in [-0.1, -0.05) is 88.7 Å². The van der Waals surface area contributed by atoms with Gasteiger partial charge in [-0.25, -0.2) is 9.88 Å². The molecule has 2 heterocycles. The maximum atomic E-state index is 12.5. The lowest BCUT2D eigenvalue weighted by atomic mass is 10.1. The molecule has 1 aliphatic heterocycles. The van der Waals surface area contributed by atoms with Crippen LogP contribution < -0.4 is 4.74 Å². The van der Waals surface area contributed by atoms with Crippen molar-refractivity contribution in [1.82, 2.24) is 19.8 Å². The van der Waals surface area contributed by atoms with Crippen molar-refractivity contribution in [1.29, 1.82) is 0 Å². The van der Waals surface area contributed by atoms with Crippen molar-refractivity contribution in [3.8, 4) is 5.75 Å². The number of H-pyrrole nitrogens is 1. The van der Waals surface area contributed by atoms with E-state index in [4.69, 9.17) is 74.3 Å². The Morgan fingerprint density at radius 3 is 2.08 bits per heavy atom. The molecule has 1 atom stereocenters. The highest BCUT2D eigenvalue weighted by Gasteiger charge is 2.46. The summed E-state index contributed by atoms with van der Waals surface area (Å²) in [6.45, 7) is 4.22. The maximum absolute atomic E-state index is 12.5. The second-order valence-electron chi connectivity index (χ2n) is 7.81. The number of hydrogen-bond donors (Lipinski definition) is 1. The number of ether oxygens (including phenoxy) is 1. The highest BCUT2D eigenvalue weighted by Crippen LogP contribution is 2.38. The molecule has 1 aliphatic rings. The minimum Gasteiger partial charge on any atom is -0.468 e. The minimum absolute atomic E-state index is 0.252. The van der Waals surface area contributed by atoms with Gasteiger partial charge in [-0.15, -0.1) is 0 Å². The molecule has 0 aliphatic carbocycles. The molecule has 202 valence electrons. The van der Waals surface area contributed by atoms with Crippen LogP contribution in [0, 0.1) is 0 Å². The first-order chi connectivity index (χ1) is 17.9. The van der Waals surface area contributed by atoms with E-state index in [0.29, 0.717) is 22.2 Å². The van der Waals surface area contributed by atoms with Gasteiger partial charge in [-0.3, -0.25) is 14.4 Å². The lowest BCUT2D eigenvalue weighted by Crippen LogP contribution is -2.43. The summed E-state index contributed by atoms with van der Waals surface area (Å²) in [5.41, 5.74) is 0.516. The number of alkyl halides is 3. The molecular formula is C24H20Cl6N4O4. The zero-order chi connectivity index (χ0) is 28.2. The Hall–Kier alpha value is -2.20. The van der Waals surface area contributed by atoms with Crippen LogP contribution >= 0.6 is 69.6 Å². The number of hydrogen-bond acceptors (Lipinski definition) is 5. The predicted molar refractivity (Wildman–Crippen MR) is 149 cm³/mol. The number of benzene rings is 2. The van der Waals surface area contributed by atoms with Crippen LogP contribution in [0.2, 0.25) is 15.1 Å². The van der Waals surface area contributed by atoms with Crippen molar-refractivity contribution in [2.45, 2.75) is 30.4 Å². The topological polar surface area (TPSA) is 95.6 Å². The summed E-state index contributed by atoms with van der Waals surface area (Å²) in [7, 11) is 0. The van der Waals surface area contributed by atoms with Crippen molar-refractivity contribution in [3.05, 3.63) is 80.8 Å². The van der Waals surface area contributed by atoms with Crippen LogP contribution in [0.15, 0.2) is 48.8 Å². The standard InChI is InChI=1S/C15H16Cl3N3O2.C9H4Cl3NO2/c1-3-6-21(15(22)14-19-4-5-20-14)9(2)23-13-11(17)7-10(16)8-12(13)18;10-9(11,12)13-7(14)5-3-1-2-4-6(5)8(13)15/h4-5,7-9H,3,6H2,1-2H3,(H,19,20);1-4H. The molecule has 14 heteroatoms. The van der Waals surface area contributed by atoms with Crippen LogP contribution in [-0.4, -0.2) is 54.2 Å². The summed E-state index contributed by atoms with van der Waals surface area (Å²) < 4.78 is 3.76. The predicted octanol–water partition coefficient (Wildman–Crippen LogP) is 7.26. The van der Waals surface area contributed by atoms with Gasteiger partial charge in [0, 0.05) is 24.0 Å². The lowest BCUT2D eigenvalue weighted by Gasteiger charge is -2.29. The van der Waals surface area contributed by atoms with Crippen molar-refractivity contribution < 1.29 is 19.1 Å². The van der Waals surface area contributed by atoms with Gasteiger partial charge in [0.15, 0.2) is 17.8 Å². The monoisotopic (exact) mass is 638 g/mol. The van der Waals surface area contributed by atoms with Crippen molar-refractivity contribution in [2.24, 2.45) is 0 Å². The first-order valence-corrected chi connectivity index (χ1v) is 13.3. The average Bonchev–Trinajstić information content (AvgIpc) is 3.47. The van der Waals surface area contributed by atoms with Gasteiger partial charge in [0.25, 0.3) is 21.6 Å². The first-order valence-electron chi connectivity index (χ1n) is 11.0. The fourth-order valence-corrected chi connectivity index (χ4v) is 4.87. The Kier molecular flexibility index (Phi) is 10.2. The third-order valence-corrected chi connectivity index (χ3v) is 6.45. The molecule has 1 aromatic heterocycles. The Labute approximate surface area is 248 Å². The van der Waals surface area contributed by atoms with Gasteiger partial charge in [0.2, 0.25) is 0 Å². The molecule has 1 N–H and O–H groups in total. The van der Waals surface area contributed by atoms with E-state index in [-0.39, 0.29) is 32.9 Å². The van der Waals surface area contributed by atoms with Crippen LogP contribution in [-0.2, 0) is 0 Å². The summed E-state index contributed by atoms with van der Waals surface area (Å²) in [6, 6.07) is 9.40. The van der Waals surface area contributed by atoms with E-state index in [1.54, 1.807) is 30.2 Å². The number of aromatic amines is 1. The van der Waals surface area contributed by atoms with Crippen LogP contribution in [0.3, 0.4) is 0 Å². The summed E-state index contributed by atoms with van der Waals surface area (Å²) in [6.07, 6.45) is 3.30. The number of nitrogens with one attached hydrogen (secondary N) is 1. The molecule has 1 unspecified atom stereocenters. The highest BCUT2D eigenvalue weighted by atomic mass is 35.6. The number of carbonyl (C=O) groups is 3. The molecule has 0 fully saturated rings. The number of aromatic nitrogens is 2. The van der Waals surface area contributed by atoms with E-state index in [0.717, 1.165) is 6.42 Å². The Morgan fingerprint density at radius 2 is 1.63 bits per heavy atom. The third-order valence-electron chi connectivity index (χ3n) is 5.16. The SMILES string of the molecule is CCCN(C(=O)c1ncc[nH]1)C(C)Oc1c(Cl)cc(Cl)cc1Cl.O=C1c2ccccc2C(=O)N1C(Cl)(Cl)Cl. The molecule has 4 rings (SSSR count). The zero-order valence-electron chi connectivity index (χ0n) is 19.9. The van der Waals surface area contributed by atoms with E-state index >= 15 is 0 Å². The first kappa shape index (κ1) is 30.3. The van der Waals surface area contributed by atoms with E-state index in [1.165, 1.54) is 30.5 Å². The summed E-state index contributed by atoms with van der Waals surface area (Å²) in [4.78, 5) is 44.9. The Balaban J connectivity index is 0.000000230. The molecule has 8 nitrogen and oxygen atoms in total. The molecule has 0 spiro atoms. The fourth-order valence-electron chi connectivity index (χ4n) is 3.50. The van der Waals surface area contributed by atoms with E-state index in [1.807, 2.05) is 6.92 Å². The average molecular weight is 641 g/mol. The van der Waals surface area contributed by atoms with Gasteiger partial charge in [-0.05, 0) is 37.6 Å². The van der Waals surface area contributed by atoms with Crippen LogP contribution in [0.1, 0.15) is 51.6 Å². The summed E-state index contributed by atoms with van der Waals surface area (Å²) in [5, 5.41) is 0.990. The van der Waals surface area contributed by atoms with Crippen LogP contribution in [0.5, 0.6) is 5.75 Å². The Morgan fingerprint density at radius 1 is 1.08 bits per heavy atom. The van der Waals surface area contributed by atoms with Crippen molar-refractivity contribution >= 4 is 87.3 Å². The normalized spacial score (nSPS) is 13.5. The number of carbonyl (C=O) groups excluding carboxylic acids is 3. The summed E-state index contributed by atoms with van der Waals surface area (Å²) >= 11 is 34.7. The Bertz CT molecular complexity index is 1270. The van der Waals surface area contributed by atoms with Crippen LogP contribution in [0.25, 0.3) is 0 Å². The van der Waals surface area contributed by atoms with Gasteiger partial charge in [0.1, 0.15) is 0 Å². The lowest BCUT2D eigenvalue weighted by molar-refractivity contribution is 0.0283. The highest BCUT2D eigenvalue weighted by molar-refractivity contribution is 6.68. The second kappa shape index (κ2) is 12.8. The van der Waals surface area contributed by atoms with Crippen molar-refractivity contribution in [3.63, 3.8) is 0 Å². The van der Waals surface area contributed by atoms with Gasteiger partial charge in [-0.2, -0.15) is 0 Å². The van der Waals surface area contributed by atoms with E-state index in [9.17, 15) is 14.4 Å². The van der Waals surface area contributed by atoms with Crippen molar-refractivity contribution in [2.75, 3.05) is 6.54 Å². The number of rotatable bonds is 6. The molecule has 38 heavy (non-hydrogen) atoms. The zero-order valence-corrected chi connectivity index (χ0v) is 24.4. The largest absolute Gasteiger partial charge is 0.468 e. The number of fused-ring (bicyclic) bond motifs is 1. The molecule has 2 aromatic carbocycles. The maximum Gasteiger partial charge on any atom is 0.292 e.